The maximum absolute atomic E-state index is 5.64. The van der Waals surface area contributed by atoms with Crippen molar-refractivity contribution in [2.75, 3.05) is 14.2 Å². The van der Waals surface area contributed by atoms with Crippen LogP contribution in [0, 0.1) is 0 Å². The van der Waals surface area contributed by atoms with E-state index < -0.39 is 6.29 Å². The molecule has 2 rings (SSSR count). The minimum atomic E-state index is -0.430. The number of fused-ring (bicyclic) bond motifs is 1. The van der Waals surface area contributed by atoms with Crippen LogP contribution < -0.4 is 11.3 Å². The van der Waals surface area contributed by atoms with Gasteiger partial charge in [-0.2, -0.15) is 0 Å². The predicted octanol–water partition coefficient (Wildman–Crippen LogP) is 1.96. The van der Waals surface area contributed by atoms with E-state index in [1.165, 1.54) is 5.39 Å². The molecule has 0 bridgehead atoms. The minimum absolute atomic E-state index is 0.217. The number of ether oxygens (including phenoxy) is 2. The summed E-state index contributed by atoms with van der Waals surface area (Å²) in [4.78, 5) is 0. The van der Waals surface area contributed by atoms with Gasteiger partial charge in [0.1, 0.15) is 0 Å². The Labute approximate surface area is 107 Å². The van der Waals surface area contributed by atoms with Gasteiger partial charge in [-0.05, 0) is 16.3 Å². The Bertz CT molecular complexity index is 507. The average Bonchev–Trinajstić information content (AvgIpc) is 2.44. The van der Waals surface area contributed by atoms with Gasteiger partial charge in [0.25, 0.3) is 0 Å². The molecule has 0 aromatic heterocycles. The normalized spacial score (nSPS) is 13.1. The van der Waals surface area contributed by atoms with Crippen LogP contribution in [0.25, 0.3) is 10.8 Å². The van der Waals surface area contributed by atoms with Gasteiger partial charge in [-0.3, -0.25) is 5.84 Å². The summed E-state index contributed by atoms with van der Waals surface area (Å²) < 4.78 is 10.6. The number of hydrazine groups is 1. The lowest BCUT2D eigenvalue weighted by molar-refractivity contribution is -0.124. The Morgan fingerprint density at radius 2 is 1.67 bits per heavy atom. The Morgan fingerprint density at radius 3 is 2.33 bits per heavy atom. The number of methoxy groups -OCH3 is 2. The van der Waals surface area contributed by atoms with Gasteiger partial charge in [0.15, 0.2) is 6.29 Å². The average molecular weight is 246 g/mol. The van der Waals surface area contributed by atoms with Crippen LogP contribution in [0.15, 0.2) is 42.5 Å². The van der Waals surface area contributed by atoms with E-state index in [4.69, 9.17) is 15.3 Å². The second kappa shape index (κ2) is 5.93. The first-order chi connectivity index (χ1) is 8.81. The SMILES string of the molecule is COC(OC)C(NN)c1cccc2ccccc12. The molecule has 18 heavy (non-hydrogen) atoms. The summed E-state index contributed by atoms with van der Waals surface area (Å²) in [6, 6.07) is 14.0. The standard InChI is InChI=1S/C14H18N2O2/c1-17-14(18-2)13(16-15)12-9-5-7-10-6-3-4-8-11(10)12/h3-9,13-14,16H,15H2,1-2H3. The van der Waals surface area contributed by atoms with Crippen LogP contribution in [0.4, 0.5) is 0 Å². The van der Waals surface area contributed by atoms with Gasteiger partial charge in [-0.15, -0.1) is 0 Å². The van der Waals surface area contributed by atoms with Gasteiger partial charge < -0.3 is 9.47 Å². The van der Waals surface area contributed by atoms with Crippen molar-refractivity contribution in [1.82, 2.24) is 5.43 Å². The van der Waals surface area contributed by atoms with Crippen LogP contribution in [0.5, 0.6) is 0 Å². The fourth-order valence-corrected chi connectivity index (χ4v) is 2.21. The lowest BCUT2D eigenvalue weighted by atomic mass is 9.98. The molecule has 0 saturated heterocycles. The van der Waals surface area contributed by atoms with E-state index in [-0.39, 0.29) is 6.04 Å². The van der Waals surface area contributed by atoms with E-state index in [0.717, 1.165) is 10.9 Å². The summed E-state index contributed by atoms with van der Waals surface area (Å²) in [5, 5.41) is 2.31. The zero-order valence-corrected chi connectivity index (χ0v) is 10.6. The first kappa shape index (κ1) is 13.0. The van der Waals surface area contributed by atoms with E-state index in [1.54, 1.807) is 14.2 Å². The predicted molar refractivity (Wildman–Crippen MR) is 71.8 cm³/mol. The second-order valence-corrected chi connectivity index (χ2v) is 4.05. The molecular weight excluding hydrogens is 228 g/mol. The molecule has 4 heteroatoms. The zero-order chi connectivity index (χ0) is 13.0. The molecular formula is C14H18N2O2. The van der Waals surface area contributed by atoms with Crippen molar-refractivity contribution < 1.29 is 9.47 Å². The topological polar surface area (TPSA) is 56.5 Å². The number of nitrogens with one attached hydrogen (secondary N) is 1. The summed E-state index contributed by atoms with van der Waals surface area (Å²) in [6.07, 6.45) is -0.430. The van der Waals surface area contributed by atoms with Crippen LogP contribution in [0.3, 0.4) is 0 Å². The van der Waals surface area contributed by atoms with Crippen molar-refractivity contribution >= 4 is 10.8 Å². The molecule has 0 saturated carbocycles. The fourth-order valence-electron chi connectivity index (χ4n) is 2.21. The number of rotatable bonds is 5. The molecule has 1 unspecified atom stereocenters. The van der Waals surface area contributed by atoms with Crippen molar-refractivity contribution in [2.45, 2.75) is 12.3 Å². The third-order valence-electron chi connectivity index (χ3n) is 3.07. The van der Waals surface area contributed by atoms with Gasteiger partial charge in [-0.1, -0.05) is 42.5 Å². The van der Waals surface area contributed by atoms with Gasteiger partial charge in [-0.25, -0.2) is 5.43 Å². The highest BCUT2D eigenvalue weighted by molar-refractivity contribution is 5.86. The van der Waals surface area contributed by atoms with Gasteiger partial charge in [0, 0.05) is 14.2 Å². The van der Waals surface area contributed by atoms with E-state index in [2.05, 4.69) is 23.6 Å². The van der Waals surface area contributed by atoms with Crippen LogP contribution >= 0.6 is 0 Å². The molecule has 0 aliphatic heterocycles. The maximum atomic E-state index is 5.64. The van der Waals surface area contributed by atoms with Crippen LogP contribution in [-0.4, -0.2) is 20.5 Å². The van der Waals surface area contributed by atoms with E-state index in [9.17, 15) is 0 Å². The maximum Gasteiger partial charge on any atom is 0.177 e. The third-order valence-corrected chi connectivity index (χ3v) is 3.07. The monoisotopic (exact) mass is 246 g/mol. The summed E-state index contributed by atoms with van der Waals surface area (Å²) >= 11 is 0. The molecule has 2 aromatic carbocycles. The highest BCUT2D eigenvalue weighted by Crippen LogP contribution is 2.27. The molecule has 0 aliphatic rings. The molecule has 96 valence electrons. The van der Waals surface area contributed by atoms with E-state index in [0.29, 0.717) is 0 Å². The molecule has 0 radical (unpaired) electrons. The second-order valence-electron chi connectivity index (χ2n) is 4.05. The van der Waals surface area contributed by atoms with E-state index >= 15 is 0 Å². The molecule has 3 N–H and O–H groups in total. The lowest BCUT2D eigenvalue weighted by Crippen LogP contribution is -2.38. The first-order valence-electron chi connectivity index (χ1n) is 5.81. The molecule has 1 atom stereocenters. The Hall–Kier alpha value is -1.46. The minimum Gasteiger partial charge on any atom is -0.354 e. The number of benzene rings is 2. The van der Waals surface area contributed by atoms with Gasteiger partial charge in [0.2, 0.25) is 0 Å². The van der Waals surface area contributed by atoms with Crippen LogP contribution in [0.1, 0.15) is 11.6 Å². The fraction of sp³-hybridized carbons (Fsp3) is 0.286. The largest absolute Gasteiger partial charge is 0.354 e. The molecule has 4 nitrogen and oxygen atoms in total. The Balaban J connectivity index is 2.51. The summed E-state index contributed by atoms with van der Waals surface area (Å²) in [5.74, 6) is 5.64. The molecule has 0 fully saturated rings. The Morgan fingerprint density at radius 1 is 1.00 bits per heavy atom. The molecule has 0 aliphatic carbocycles. The van der Waals surface area contributed by atoms with Crippen LogP contribution in [0.2, 0.25) is 0 Å². The molecule has 2 aromatic rings. The number of hydrogen-bond donors (Lipinski definition) is 2. The summed E-state index contributed by atoms with van der Waals surface area (Å²) in [7, 11) is 3.20. The van der Waals surface area contributed by atoms with Crippen LogP contribution in [-0.2, 0) is 9.47 Å². The smallest absolute Gasteiger partial charge is 0.177 e. The number of nitrogens with two attached hydrogens (primary N) is 1. The molecule has 0 amide bonds. The first-order valence-corrected chi connectivity index (χ1v) is 5.81. The molecule has 0 heterocycles. The summed E-state index contributed by atoms with van der Waals surface area (Å²) in [5.41, 5.74) is 3.82. The highest BCUT2D eigenvalue weighted by Gasteiger charge is 2.23. The van der Waals surface area contributed by atoms with Gasteiger partial charge in [0.05, 0.1) is 6.04 Å². The van der Waals surface area contributed by atoms with E-state index in [1.807, 2.05) is 24.3 Å². The van der Waals surface area contributed by atoms with Crippen molar-refractivity contribution in [1.29, 1.82) is 0 Å². The lowest BCUT2D eigenvalue weighted by Gasteiger charge is -2.25. The van der Waals surface area contributed by atoms with Crippen molar-refractivity contribution in [2.24, 2.45) is 5.84 Å². The van der Waals surface area contributed by atoms with Crippen molar-refractivity contribution in [3.63, 3.8) is 0 Å². The highest BCUT2D eigenvalue weighted by atomic mass is 16.7. The van der Waals surface area contributed by atoms with Crippen molar-refractivity contribution in [3.8, 4) is 0 Å². The third kappa shape index (κ3) is 2.37. The van der Waals surface area contributed by atoms with Crippen molar-refractivity contribution in [3.05, 3.63) is 48.0 Å². The summed E-state index contributed by atoms with van der Waals surface area (Å²) in [6.45, 7) is 0. The Kier molecular flexibility index (Phi) is 4.28. The quantitative estimate of drug-likeness (QED) is 0.481. The molecule has 0 spiro atoms. The van der Waals surface area contributed by atoms with Gasteiger partial charge >= 0.3 is 0 Å². The number of hydrogen-bond acceptors (Lipinski definition) is 4. The zero-order valence-electron chi connectivity index (χ0n) is 10.6.